The minimum Gasteiger partial charge on any atom is -0.677 e. The minimum absolute atomic E-state index is 0. The van der Waals surface area contributed by atoms with Gasteiger partial charge in [0.05, 0.1) is 22.8 Å². The van der Waals surface area contributed by atoms with E-state index in [1.165, 1.54) is 0 Å². The summed E-state index contributed by atoms with van der Waals surface area (Å²) in [7, 11) is 0. The molecule has 5 heterocycles. The Morgan fingerprint density at radius 1 is 0.469 bits per heavy atom. The summed E-state index contributed by atoms with van der Waals surface area (Å²) < 4.78 is 0. The third-order valence-electron chi connectivity index (χ3n) is 9.17. The third kappa shape index (κ3) is 5.67. The molecule has 4 aliphatic heterocycles. The number of nitrogens with zero attached hydrogens (tertiary/aromatic N) is 4. The molecule has 49 heavy (non-hydrogen) atoms. The average molecular weight is 680 g/mol. The molecule has 1 unspecified atom stereocenters. The van der Waals surface area contributed by atoms with Crippen molar-refractivity contribution in [2.24, 2.45) is 9.98 Å². The van der Waals surface area contributed by atoms with Crippen LogP contribution in [0.3, 0.4) is 0 Å². The van der Waals surface area contributed by atoms with E-state index in [4.69, 9.17) is 20.3 Å². The molecule has 0 amide bonds. The van der Waals surface area contributed by atoms with Crippen molar-refractivity contribution < 1.29 is 19.5 Å². The van der Waals surface area contributed by atoms with Crippen LogP contribution in [0.15, 0.2) is 191 Å². The molecule has 0 saturated carbocycles. The fourth-order valence-corrected chi connectivity index (χ4v) is 7.00. The van der Waals surface area contributed by atoms with Gasteiger partial charge in [0.1, 0.15) is 0 Å². The molecule has 4 aliphatic rings. The molecule has 0 fully saturated rings. The van der Waals surface area contributed by atoms with Crippen molar-refractivity contribution in [3.05, 3.63) is 219 Å². The number of allylic oxidation sites excluding steroid dienone is 5. The van der Waals surface area contributed by atoms with Crippen LogP contribution >= 0.6 is 0 Å². The van der Waals surface area contributed by atoms with E-state index >= 15 is 0 Å². The summed E-state index contributed by atoms with van der Waals surface area (Å²) in [6.45, 7) is 0. The molecule has 5 heteroatoms. The third-order valence-corrected chi connectivity index (χ3v) is 9.17. The van der Waals surface area contributed by atoms with Crippen LogP contribution in [-0.2, 0) is 19.5 Å². The van der Waals surface area contributed by atoms with Gasteiger partial charge in [0.25, 0.3) is 0 Å². The van der Waals surface area contributed by atoms with Gasteiger partial charge in [-0.25, -0.2) is 9.98 Å². The minimum atomic E-state index is -0.0959. The Morgan fingerprint density at radius 2 is 0.918 bits per heavy atom. The van der Waals surface area contributed by atoms with Crippen LogP contribution in [0.4, 0.5) is 0 Å². The monoisotopic (exact) mass is 678 g/mol. The average Bonchev–Trinajstić information content (AvgIpc) is 3.98. The molecule has 1 aromatic heterocycles. The van der Waals surface area contributed by atoms with Crippen LogP contribution in [0, 0.1) is 0 Å². The Balaban J connectivity index is 0.00000348. The predicted molar refractivity (Wildman–Crippen MR) is 197 cm³/mol. The van der Waals surface area contributed by atoms with Crippen LogP contribution in [0.1, 0.15) is 28.7 Å². The second-order valence-electron chi connectivity index (χ2n) is 12.1. The molecule has 0 aliphatic carbocycles. The van der Waals surface area contributed by atoms with E-state index in [9.17, 15) is 0 Å². The summed E-state index contributed by atoms with van der Waals surface area (Å²) in [4.78, 5) is 16.0. The Labute approximate surface area is 298 Å². The molecule has 228 valence electrons. The van der Waals surface area contributed by atoms with E-state index in [1.807, 2.05) is 18.2 Å². The topological polar surface area (TPSA) is 52.9 Å². The van der Waals surface area contributed by atoms with Gasteiger partial charge < -0.3 is 10.3 Å². The number of benzene rings is 4. The van der Waals surface area contributed by atoms with Crippen LogP contribution in [0.5, 0.6) is 0 Å². The quantitative estimate of drug-likeness (QED) is 0.178. The van der Waals surface area contributed by atoms with Gasteiger partial charge in [0.15, 0.2) is 0 Å². The molecule has 4 aromatic carbocycles. The zero-order valence-electron chi connectivity index (χ0n) is 26.9. The second-order valence-corrected chi connectivity index (χ2v) is 12.1. The Hall–Kier alpha value is -5.64. The van der Waals surface area contributed by atoms with Gasteiger partial charge in [0.2, 0.25) is 0 Å². The molecule has 8 bridgehead atoms. The van der Waals surface area contributed by atoms with Gasteiger partial charge in [-0.3, -0.25) is 0 Å². The maximum Gasteiger partial charge on any atom is 2.00 e. The summed E-state index contributed by atoms with van der Waals surface area (Å²) >= 11 is 0. The van der Waals surface area contributed by atoms with Crippen molar-refractivity contribution >= 4 is 33.7 Å². The molecule has 0 N–H and O–H groups in total. The van der Waals surface area contributed by atoms with E-state index in [0.29, 0.717) is 0 Å². The van der Waals surface area contributed by atoms with Crippen molar-refractivity contribution in [3.8, 4) is 0 Å². The standard InChI is InChI=1S/C44H30N4.Zn/c1-5-13-29(14-6-1)41-33-21-23-35(45-33)42(30-15-7-2-8-16-30)37-25-27-39(47-37)44(32-19-11-4-12-20-32)40-28-26-38(48-40)43(31-17-9-3-10-18-31)36-24-22-34(41)46-36;/h1-27,40H,28H2;/q-2;+2. The molecule has 0 radical (unpaired) electrons. The summed E-state index contributed by atoms with van der Waals surface area (Å²) in [6, 6.07) is 46.1. The van der Waals surface area contributed by atoms with Crippen molar-refractivity contribution in [2.45, 2.75) is 12.5 Å². The number of hydrogen-bond donors (Lipinski definition) is 0. The van der Waals surface area contributed by atoms with Gasteiger partial charge >= 0.3 is 19.5 Å². The van der Waals surface area contributed by atoms with Crippen LogP contribution in [0.25, 0.3) is 27.6 Å². The molecule has 1 atom stereocenters. The maximum absolute atomic E-state index is 5.45. The number of aromatic nitrogens is 1. The van der Waals surface area contributed by atoms with Crippen LogP contribution in [0.2, 0.25) is 0 Å². The molecular formula is C44H30N4Zn. The summed E-state index contributed by atoms with van der Waals surface area (Å²) in [5.41, 5.74) is 13.0. The maximum atomic E-state index is 5.45. The predicted octanol–water partition coefficient (Wildman–Crippen LogP) is 7.93. The van der Waals surface area contributed by atoms with Crippen LogP contribution < -0.4 is 15.7 Å². The largest absolute Gasteiger partial charge is 2.00 e. The molecule has 5 aromatic rings. The van der Waals surface area contributed by atoms with Gasteiger partial charge in [0, 0.05) is 0 Å². The molecular weight excluding hydrogens is 650 g/mol. The summed E-state index contributed by atoms with van der Waals surface area (Å²) in [5.74, 6) is 0. The zero-order valence-corrected chi connectivity index (χ0v) is 29.8. The second kappa shape index (κ2) is 13.1. The number of hydrogen-bond acceptors (Lipinski definition) is 2. The first kappa shape index (κ1) is 30.7. The molecule has 0 saturated heterocycles. The zero-order chi connectivity index (χ0) is 31.9. The first-order valence-corrected chi connectivity index (χ1v) is 16.3. The van der Waals surface area contributed by atoms with E-state index in [1.54, 1.807) is 0 Å². The fourth-order valence-electron chi connectivity index (χ4n) is 7.00. The Bertz CT molecular complexity index is 2410. The van der Waals surface area contributed by atoms with Crippen molar-refractivity contribution in [1.29, 1.82) is 0 Å². The Kier molecular flexibility index (Phi) is 8.21. The number of rotatable bonds is 4. The van der Waals surface area contributed by atoms with Crippen molar-refractivity contribution in [2.75, 3.05) is 0 Å². The normalized spacial score (nSPS) is 17.9. The fraction of sp³-hybridized carbons (Fsp3) is 0.0455. The molecule has 4 nitrogen and oxygen atoms in total. The Morgan fingerprint density at radius 3 is 1.45 bits per heavy atom. The van der Waals surface area contributed by atoms with Gasteiger partial charge in [-0.1, -0.05) is 146 Å². The first-order valence-electron chi connectivity index (χ1n) is 16.3. The van der Waals surface area contributed by atoms with Crippen molar-refractivity contribution in [1.82, 2.24) is 4.98 Å². The van der Waals surface area contributed by atoms with E-state index in [-0.39, 0.29) is 25.5 Å². The van der Waals surface area contributed by atoms with Crippen LogP contribution in [-0.4, -0.2) is 17.5 Å². The van der Waals surface area contributed by atoms with E-state index in [2.05, 4.69) is 146 Å². The smallest absolute Gasteiger partial charge is 0.677 e. The van der Waals surface area contributed by atoms with Gasteiger partial charge in [-0.2, -0.15) is 0 Å². The van der Waals surface area contributed by atoms with E-state index < -0.39 is 0 Å². The summed E-state index contributed by atoms with van der Waals surface area (Å²) in [6.07, 6.45) is 11.6. The van der Waals surface area contributed by atoms with Gasteiger partial charge in [-0.15, -0.1) is 16.4 Å². The molecule has 0 spiro atoms. The summed E-state index contributed by atoms with van der Waals surface area (Å²) in [5, 5.41) is 7.19. The van der Waals surface area contributed by atoms with E-state index in [0.717, 1.165) is 90.2 Å². The van der Waals surface area contributed by atoms with Crippen molar-refractivity contribution in [3.63, 3.8) is 0 Å². The van der Waals surface area contributed by atoms with Gasteiger partial charge in [-0.05, 0) is 75.3 Å². The number of fused-ring (bicyclic) bond motifs is 6. The molecule has 9 rings (SSSR count). The SMILES string of the molecule is C1=CC2=C(c3ccccc3)C3=CCC([N-]3)C(c3ccccc3)=C3C=CC(=N3)C(c3ccccc3)=c3ccc([n-]3)=C(c3ccccc3)C1=N2.[Zn+2]. The first-order chi connectivity index (χ1) is 23.8. The number of aliphatic imine (C=N–C) groups is 2.